The Morgan fingerprint density at radius 2 is 1.92 bits per heavy atom. The summed E-state index contributed by atoms with van der Waals surface area (Å²) in [5.41, 5.74) is 6.48. The van der Waals surface area contributed by atoms with Crippen LogP contribution in [-0.4, -0.2) is 61.6 Å². The average molecular weight is 379 g/mol. The summed E-state index contributed by atoms with van der Waals surface area (Å²) in [5, 5.41) is 0. The third-order valence-corrected chi connectivity index (χ3v) is 5.33. The van der Waals surface area contributed by atoms with E-state index in [0.717, 1.165) is 6.26 Å². The number of carbonyl (C=O) groups is 1. The topological polar surface area (TPSA) is 83.7 Å². The number of anilines is 1. The maximum Gasteiger partial charge on any atom is 0.402 e. The molecule has 1 aliphatic rings. The van der Waals surface area contributed by atoms with Gasteiger partial charge in [-0.2, -0.15) is 17.5 Å². The van der Waals surface area contributed by atoms with Crippen LogP contribution in [0.1, 0.15) is 23.2 Å². The Labute approximate surface area is 144 Å². The van der Waals surface area contributed by atoms with Crippen molar-refractivity contribution in [1.29, 1.82) is 0 Å². The molecule has 0 aliphatic carbocycles. The molecule has 10 heteroatoms. The molecule has 0 saturated carbocycles. The van der Waals surface area contributed by atoms with Gasteiger partial charge in [-0.15, -0.1) is 0 Å². The monoisotopic (exact) mass is 379 g/mol. The number of rotatable bonds is 4. The van der Waals surface area contributed by atoms with Crippen LogP contribution < -0.4 is 5.73 Å². The van der Waals surface area contributed by atoms with Crippen molar-refractivity contribution >= 4 is 21.6 Å². The van der Waals surface area contributed by atoms with Crippen molar-refractivity contribution < 1.29 is 26.4 Å². The second-order valence-corrected chi connectivity index (χ2v) is 8.01. The van der Waals surface area contributed by atoms with E-state index in [2.05, 4.69) is 0 Å². The first-order valence-electron chi connectivity index (χ1n) is 7.66. The summed E-state index contributed by atoms with van der Waals surface area (Å²) >= 11 is 0. The second-order valence-electron chi connectivity index (χ2n) is 6.07. The van der Waals surface area contributed by atoms with Crippen LogP contribution in [-0.2, 0) is 10.0 Å². The van der Waals surface area contributed by atoms with Crippen LogP contribution in [0, 0.1) is 0 Å². The Hall–Kier alpha value is -1.81. The number of hydrogen-bond acceptors (Lipinski definition) is 4. The number of nitrogen functional groups attached to an aromatic ring is 1. The molecule has 1 aromatic carbocycles. The second kappa shape index (κ2) is 7.20. The highest BCUT2D eigenvalue weighted by Gasteiger charge is 2.40. The van der Waals surface area contributed by atoms with Crippen LogP contribution in [0.4, 0.5) is 18.9 Å². The molecule has 1 fully saturated rings. The molecule has 2 N–H and O–H groups in total. The van der Waals surface area contributed by atoms with E-state index >= 15 is 0 Å². The highest BCUT2D eigenvalue weighted by Crippen LogP contribution is 2.25. The van der Waals surface area contributed by atoms with Gasteiger partial charge in [0, 0.05) is 30.4 Å². The summed E-state index contributed by atoms with van der Waals surface area (Å²) in [5.74, 6) is -0.271. The van der Waals surface area contributed by atoms with Crippen molar-refractivity contribution in [1.82, 2.24) is 9.21 Å². The lowest BCUT2D eigenvalue weighted by molar-refractivity contribution is -0.140. The molecule has 25 heavy (non-hydrogen) atoms. The summed E-state index contributed by atoms with van der Waals surface area (Å²) in [6.45, 7) is -1.15. The SMILES string of the molecule is CS(=O)(=O)N(CC(F)(F)F)C1CCN(C(=O)c2cccc(N)c2)CC1. The van der Waals surface area contributed by atoms with Crippen LogP contribution in [0.3, 0.4) is 0 Å². The molecular weight excluding hydrogens is 359 g/mol. The van der Waals surface area contributed by atoms with E-state index < -0.39 is 28.8 Å². The first-order valence-corrected chi connectivity index (χ1v) is 9.50. The molecule has 6 nitrogen and oxygen atoms in total. The minimum absolute atomic E-state index is 0.150. The zero-order valence-electron chi connectivity index (χ0n) is 13.7. The molecular formula is C15H20F3N3O3S. The number of benzene rings is 1. The molecule has 1 saturated heterocycles. The van der Waals surface area contributed by atoms with Gasteiger partial charge in [-0.25, -0.2) is 8.42 Å². The van der Waals surface area contributed by atoms with Crippen molar-refractivity contribution in [3.63, 3.8) is 0 Å². The number of piperidine rings is 1. The summed E-state index contributed by atoms with van der Waals surface area (Å²) in [6, 6.07) is 5.65. The summed E-state index contributed by atoms with van der Waals surface area (Å²) in [6.07, 6.45) is -3.55. The minimum Gasteiger partial charge on any atom is -0.399 e. The predicted molar refractivity (Wildman–Crippen MR) is 87.4 cm³/mol. The number of carbonyl (C=O) groups excluding carboxylic acids is 1. The Kier molecular flexibility index (Phi) is 5.62. The number of nitrogens with zero attached hydrogens (tertiary/aromatic N) is 2. The molecule has 140 valence electrons. The van der Waals surface area contributed by atoms with Gasteiger partial charge in [-0.05, 0) is 31.0 Å². The molecule has 0 bridgehead atoms. The molecule has 0 aromatic heterocycles. The van der Waals surface area contributed by atoms with E-state index in [1.54, 1.807) is 18.2 Å². The Balaban J connectivity index is 2.05. The van der Waals surface area contributed by atoms with Crippen molar-refractivity contribution in [2.24, 2.45) is 0 Å². The number of nitrogens with two attached hydrogens (primary N) is 1. The Bertz CT molecular complexity index is 729. The van der Waals surface area contributed by atoms with Gasteiger partial charge < -0.3 is 10.6 Å². The van der Waals surface area contributed by atoms with E-state index in [1.165, 1.54) is 11.0 Å². The maximum atomic E-state index is 12.7. The quantitative estimate of drug-likeness (QED) is 0.807. The van der Waals surface area contributed by atoms with Crippen LogP contribution >= 0.6 is 0 Å². The number of halogens is 3. The highest BCUT2D eigenvalue weighted by atomic mass is 32.2. The van der Waals surface area contributed by atoms with Crippen molar-refractivity contribution in [2.45, 2.75) is 25.1 Å². The number of alkyl halides is 3. The molecule has 2 rings (SSSR count). The molecule has 1 heterocycles. The smallest absolute Gasteiger partial charge is 0.399 e. The first kappa shape index (κ1) is 19.5. The van der Waals surface area contributed by atoms with E-state index in [-0.39, 0.29) is 31.8 Å². The summed E-state index contributed by atoms with van der Waals surface area (Å²) in [7, 11) is -4.00. The maximum absolute atomic E-state index is 12.7. The lowest BCUT2D eigenvalue weighted by Gasteiger charge is -2.37. The third kappa shape index (κ3) is 5.33. The molecule has 1 aromatic rings. The highest BCUT2D eigenvalue weighted by molar-refractivity contribution is 7.88. The predicted octanol–water partition coefficient (Wildman–Crippen LogP) is 1.70. The molecule has 0 unspecified atom stereocenters. The number of amides is 1. The van der Waals surface area contributed by atoms with Crippen molar-refractivity contribution in [3.8, 4) is 0 Å². The fourth-order valence-electron chi connectivity index (χ4n) is 2.91. The normalized spacial score (nSPS) is 17.1. The van der Waals surface area contributed by atoms with Crippen molar-refractivity contribution in [2.75, 3.05) is 31.6 Å². The van der Waals surface area contributed by atoms with Gasteiger partial charge in [0.1, 0.15) is 6.54 Å². The van der Waals surface area contributed by atoms with Crippen LogP contribution in [0.15, 0.2) is 24.3 Å². The summed E-state index contributed by atoms with van der Waals surface area (Å²) in [4.78, 5) is 13.9. The average Bonchev–Trinajstić information content (AvgIpc) is 2.50. The Morgan fingerprint density at radius 1 is 1.32 bits per heavy atom. The zero-order chi connectivity index (χ0) is 18.8. The van der Waals surface area contributed by atoms with Gasteiger partial charge in [0.05, 0.1) is 6.26 Å². The van der Waals surface area contributed by atoms with E-state index in [4.69, 9.17) is 5.73 Å². The molecule has 1 aliphatic heterocycles. The minimum atomic E-state index is -4.61. The molecule has 0 spiro atoms. The van der Waals surface area contributed by atoms with Crippen molar-refractivity contribution in [3.05, 3.63) is 29.8 Å². The van der Waals surface area contributed by atoms with E-state index in [0.29, 0.717) is 15.6 Å². The van der Waals surface area contributed by atoms with Gasteiger partial charge >= 0.3 is 6.18 Å². The Morgan fingerprint density at radius 3 is 2.40 bits per heavy atom. The van der Waals surface area contributed by atoms with Gasteiger partial charge in [0.25, 0.3) is 5.91 Å². The fourth-order valence-corrected chi connectivity index (χ4v) is 4.04. The van der Waals surface area contributed by atoms with Gasteiger partial charge in [0.15, 0.2) is 0 Å². The van der Waals surface area contributed by atoms with Crippen LogP contribution in [0.5, 0.6) is 0 Å². The van der Waals surface area contributed by atoms with Crippen LogP contribution in [0.2, 0.25) is 0 Å². The lowest BCUT2D eigenvalue weighted by atomic mass is 10.0. The number of hydrogen-bond donors (Lipinski definition) is 1. The third-order valence-electron chi connectivity index (χ3n) is 4.05. The molecule has 0 atom stereocenters. The van der Waals surface area contributed by atoms with Gasteiger partial charge in [0.2, 0.25) is 10.0 Å². The van der Waals surface area contributed by atoms with Crippen LogP contribution in [0.25, 0.3) is 0 Å². The van der Waals surface area contributed by atoms with Gasteiger partial charge in [-0.3, -0.25) is 4.79 Å². The first-order chi connectivity index (χ1) is 11.5. The summed E-state index contributed by atoms with van der Waals surface area (Å²) < 4.78 is 61.9. The van der Waals surface area contributed by atoms with E-state index in [9.17, 15) is 26.4 Å². The zero-order valence-corrected chi connectivity index (χ0v) is 14.5. The van der Waals surface area contributed by atoms with Gasteiger partial charge in [-0.1, -0.05) is 6.07 Å². The number of likely N-dealkylation sites (tertiary alicyclic amines) is 1. The molecule has 1 amide bonds. The lowest BCUT2D eigenvalue weighted by Crippen LogP contribution is -2.51. The van der Waals surface area contributed by atoms with E-state index in [1.807, 2.05) is 0 Å². The largest absolute Gasteiger partial charge is 0.402 e. The molecule has 0 radical (unpaired) electrons. The fraction of sp³-hybridized carbons (Fsp3) is 0.533. The number of sulfonamides is 1. The standard InChI is InChI=1S/C15H20F3N3O3S/c1-25(23,24)21(10-15(16,17)18)13-5-7-20(8-6-13)14(22)11-3-2-4-12(19)9-11/h2-4,9,13H,5-8,10,19H2,1H3.